The van der Waals surface area contributed by atoms with Crippen LogP contribution in [0.1, 0.15) is 11.1 Å². The van der Waals surface area contributed by atoms with E-state index >= 15 is 0 Å². The van der Waals surface area contributed by atoms with Gasteiger partial charge in [0.2, 0.25) is 0 Å². The fourth-order valence-electron chi connectivity index (χ4n) is 1.95. The van der Waals surface area contributed by atoms with Crippen LogP contribution in [0.4, 0.5) is 0 Å². The number of benzene rings is 2. The number of hydrogen-bond acceptors (Lipinski definition) is 4. The summed E-state index contributed by atoms with van der Waals surface area (Å²) in [5.41, 5.74) is 7.57. The molecule has 5 heteroatoms. The smallest absolute Gasteiger partial charge is 0.161 e. The molecule has 2 N–H and O–H groups in total. The predicted molar refractivity (Wildman–Crippen MR) is 94.1 cm³/mol. The van der Waals surface area contributed by atoms with Crippen molar-refractivity contribution in [2.75, 3.05) is 7.11 Å². The Morgan fingerprint density at radius 2 is 1.96 bits per heavy atom. The molecule has 0 aliphatic rings. The minimum Gasteiger partial charge on any atom is -0.493 e. The average Bonchev–Trinajstić information content (AvgIpc) is 2.58. The van der Waals surface area contributed by atoms with Gasteiger partial charge in [0.05, 0.1) is 12.7 Å². The highest BCUT2D eigenvalue weighted by atomic mass is 32.1. The van der Waals surface area contributed by atoms with Crippen LogP contribution in [0.2, 0.25) is 0 Å². The van der Waals surface area contributed by atoms with Gasteiger partial charge in [-0.3, -0.25) is 0 Å². The molecule has 2 aromatic carbocycles. The van der Waals surface area contributed by atoms with Crippen molar-refractivity contribution in [3.63, 3.8) is 0 Å². The second kappa shape index (κ2) is 7.97. The minimum absolute atomic E-state index is 0.0656. The van der Waals surface area contributed by atoms with Gasteiger partial charge in [-0.25, -0.2) is 0 Å². The second-order valence-corrected chi connectivity index (χ2v) is 5.16. The summed E-state index contributed by atoms with van der Waals surface area (Å²) in [6, 6.07) is 17.2. The first kappa shape index (κ1) is 16.5. The lowest BCUT2D eigenvalue weighted by Crippen LogP contribution is -2.09. The standard InChI is InChI=1S/C18H16N2O2S/c1-21-17-10-14(9-15(11-19)18(20)23)7-8-16(17)22-12-13-5-3-2-4-6-13/h2-10H,12H2,1H3,(H2,20,23). The van der Waals surface area contributed by atoms with E-state index in [0.29, 0.717) is 18.1 Å². The predicted octanol–water partition coefficient (Wildman–Crippen LogP) is 3.47. The zero-order valence-corrected chi connectivity index (χ0v) is 13.5. The SMILES string of the molecule is COc1cc(C=C(C#N)C(N)=S)ccc1OCc1ccccc1. The maximum atomic E-state index is 9.01. The number of hydrogen-bond donors (Lipinski definition) is 1. The van der Waals surface area contributed by atoms with Crippen molar-refractivity contribution in [1.82, 2.24) is 0 Å². The average molecular weight is 324 g/mol. The third-order valence-corrected chi connectivity index (χ3v) is 3.34. The van der Waals surface area contributed by atoms with Crippen molar-refractivity contribution in [3.05, 3.63) is 65.2 Å². The molecule has 116 valence electrons. The van der Waals surface area contributed by atoms with E-state index in [9.17, 15) is 0 Å². The molecule has 2 aromatic rings. The summed E-state index contributed by atoms with van der Waals surface area (Å²) >= 11 is 4.83. The van der Waals surface area contributed by atoms with Crippen molar-refractivity contribution in [1.29, 1.82) is 5.26 Å². The third-order valence-electron chi connectivity index (χ3n) is 3.12. The molecule has 0 aliphatic heterocycles. The van der Waals surface area contributed by atoms with Gasteiger partial charge >= 0.3 is 0 Å². The lowest BCUT2D eigenvalue weighted by atomic mass is 10.1. The number of nitrogens with two attached hydrogens (primary N) is 1. The Labute approximate surface area is 140 Å². The Morgan fingerprint density at radius 1 is 1.22 bits per heavy atom. The lowest BCUT2D eigenvalue weighted by Gasteiger charge is -2.11. The van der Waals surface area contributed by atoms with Crippen molar-refractivity contribution < 1.29 is 9.47 Å². The van der Waals surface area contributed by atoms with E-state index in [1.54, 1.807) is 25.3 Å². The van der Waals surface area contributed by atoms with Crippen LogP contribution in [0, 0.1) is 11.3 Å². The molecule has 0 aliphatic carbocycles. The zero-order chi connectivity index (χ0) is 16.7. The Bertz CT molecular complexity index is 764. The summed E-state index contributed by atoms with van der Waals surface area (Å²) in [5, 5.41) is 9.01. The van der Waals surface area contributed by atoms with E-state index in [1.165, 1.54) is 0 Å². The second-order valence-electron chi connectivity index (χ2n) is 4.72. The molecule has 0 unspecified atom stereocenters. The highest BCUT2D eigenvalue weighted by Gasteiger charge is 2.07. The van der Waals surface area contributed by atoms with Gasteiger partial charge in [0, 0.05) is 0 Å². The first-order chi connectivity index (χ1) is 11.1. The Kier molecular flexibility index (Phi) is 5.73. The molecule has 4 nitrogen and oxygen atoms in total. The van der Waals surface area contributed by atoms with Crippen LogP contribution in [0.3, 0.4) is 0 Å². The topological polar surface area (TPSA) is 68.3 Å². The summed E-state index contributed by atoms with van der Waals surface area (Å²) in [4.78, 5) is 0.0656. The summed E-state index contributed by atoms with van der Waals surface area (Å²) < 4.78 is 11.1. The number of methoxy groups -OCH3 is 1. The lowest BCUT2D eigenvalue weighted by molar-refractivity contribution is 0.284. The molecule has 0 bridgehead atoms. The van der Waals surface area contributed by atoms with Gasteiger partial charge in [0.1, 0.15) is 17.7 Å². The third kappa shape index (κ3) is 4.56. The number of thiocarbonyl (C=S) groups is 1. The Balaban J connectivity index is 2.20. The first-order valence-corrected chi connectivity index (χ1v) is 7.31. The summed E-state index contributed by atoms with van der Waals surface area (Å²) in [6.45, 7) is 0.447. The van der Waals surface area contributed by atoms with Gasteiger partial charge in [-0.1, -0.05) is 48.6 Å². The van der Waals surface area contributed by atoms with Crippen molar-refractivity contribution in [3.8, 4) is 17.6 Å². The van der Waals surface area contributed by atoms with Gasteiger partial charge in [0.15, 0.2) is 11.5 Å². The highest BCUT2D eigenvalue weighted by molar-refractivity contribution is 7.80. The van der Waals surface area contributed by atoms with Gasteiger partial charge in [-0.2, -0.15) is 5.26 Å². The van der Waals surface area contributed by atoms with Crippen molar-refractivity contribution in [2.45, 2.75) is 6.61 Å². The fourth-order valence-corrected chi connectivity index (χ4v) is 2.06. The number of ether oxygens (including phenoxy) is 2. The minimum atomic E-state index is 0.0656. The molecule has 0 radical (unpaired) electrons. The highest BCUT2D eigenvalue weighted by Crippen LogP contribution is 2.29. The Hall–Kier alpha value is -2.84. The number of nitrogens with zero attached hydrogens (tertiary/aromatic N) is 1. The van der Waals surface area contributed by atoms with E-state index < -0.39 is 0 Å². The molecule has 0 saturated heterocycles. The van der Waals surface area contributed by atoms with Gasteiger partial charge in [0.25, 0.3) is 0 Å². The molecule has 0 saturated carbocycles. The van der Waals surface area contributed by atoms with Crippen LogP contribution in [0.5, 0.6) is 11.5 Å². The first-order valence-electron chi connectivity index (χ1n) is 6.90. The molecule has 0 fully saturated rings. The quantitative estimate of drug-likeness (QED) is 0.500. The maximum absolute atomic E-state index is 9.01. The van der Waals surface area contributed by atoms with Crippen LogP contribution in [0.25, 0.3) is 6.08 Å². The van der Waals surface area contributed by atoms with E-state index in [-0.39, 0.29) is 10.6 Å². The molecule has 0 spiro atoms. The van der Waals surface area contributed by atoms with Crippen LogP contribution in [-0.4, -0.2) is 12.1 Å². The molecule has 0 amide bonds. The summed E-state index contributed by atoms with van der Waals surface area (Å²) in [5.74, 6) is 1.21. The van der Waals surface area contributed by atoms with Crippen molar-refractivity contribution >= 4 is 23.3 Å². The fraction of sp³-hybridized carbons (Fsp3) is 0.111. The monoisotopic (exact) mass is 324 g/mol. The van der Waals surface area contributed by atoms with Crippen LogP contribution in [-0.2, 0) is 6.61 Å². The van der Waals surface area contributed by atoms with Crippen LogP contribution in [0.15, 0.2) is 54.1 Å². The molecule has 23 heavy (non-hydrogen) atoms. The molecule has 0 atom stereocenters. The largest absolute Gasteiger partial charge is 0.493 e. The number of nitriles is 1. The van der Waals surface area contributed by atoms with E-state index in [1.807, 2.05) is 42.5 Å². The summed E-state index contributed by atoms with van der Waals surface area (Å²) in [6.07, 6.45) is 1.62. The summed E-state index contributed by atoms with van der Waals surface area (Å²) in [7, 11) is 1.57. The zero-order valence-electron chi connectivity index (χ0n) is 12.7. The van der Waals surface area contributed by atoms with E-state index in [0.717, 1.165) is 11.1 Å². The van der Waals surface area contributed by atoms with Gasteiger partial charge in [-0.05, 0) is 29.3 Å². The molecule has 2 rings (SSSR count). The van der Waals surface area contributed by atoms with Crippen LogP contribution >= 0.6 is 12.2 Å². The van der Waals surface area contributed by atoms with Gasteiger partial charge < -0.3 is 15.2 Å². The number of rotatable bonds is 6. The molecular formula is C18H16N2O2S. The van der Waals surface area contributed by atoms with E-state index in [2.05, 4.69) is 0 Å². The molecule has 0 aromatic heterocycles. The van der Waals surface area contributed by atoms with Gasteiger partial charge in [-0.15, -0.1) is 0 Å². The molecule has 0 heterocycles. The van der Waals surface area contributed by atoms with Crippen molar-refractivity contribution in [2.24, 2.45) is 5.73 Å². The molecular weight excluding hydrogens is 308 g/mol. The normalized spacial score (nSPS) is 10.7. The van der Waals surface area contributed by atoms with Crippen LogP contribution < -0.4 is 15.2 Å². The van der Waals surface area contributed by atoms with E-state index in [4.69, 9.17) is 32.7 Å². The maximum Gasteiger partial charge on any atom is 0.161 e. The Morgan fingerprint density at radius 3 is 2.57 bits per heavy atom.